The fourth-order valence-corrected chi connectivity index (χ4v) is 1.55. The van der Waals surface area contributed by atoms with Gasteiger partial charge in [-0.15, -0.1) is 0 Å². The first-order valence-corrected chi connectivity index (χ1v) is 5.53. The van der Waals surface area contributed by atoms with Crippen molar-refractivity contribution >= 4 is 0 Å². The zero-order valence-electron chi connectivity index (χ0n) is 10.4. The Kier molecular flexibility index (Phi) is 3.76. The van der Waals surface area contributed by atoms with E-state index in [0.717, 1.165) is 6.20 Å². The zero-order valence-corrected chi connectivity index (χ0v) is 10.4. The minimum absolute atomic E-state index is 0.0615. The van der Waals surface area contributed by atoms with E-state index in [4.69, 9.17) is 4.42 Å². The highest BCUT2D eigenvalue weighted by molar-refractivity contribution is 5.59. The first-order valence-electron chi connectivity index (χ1n) is 5.53. The topological polar surface area (TPSA) is 38.1 Å². The summed E-state index contributed by atoms with van der Waals surface area (Å²) in [4.78, 5) is 3.73. The Morgan fingerprint density at radius 3 is 2.00 bits per heavy atom. The van der Waals surface area contributed by atoms with Crippen LogP contribution in [0.4, 0.5) is 22.0 Å². The second kappa shape index (κ2) is 5.20. The van der Waals surface area contributed by atoms with E-state index in [2.05, 4.69) is 10.3 Å². The van der Waals surface area contributed by atoms with Gasteiger partial charge in [0.25, 0.3) is 0 Å². The molecule has 0 aliphatic rings. The summed E-state index contributed by atoms with van der Waals surface area (Å²) < 4.78 is 71.2. The van der Waals surface area contributed by atoms with Crippen molar-refractivity contribution < 1.29 is 26.4 Å². The van der Waals surface area contributed by atoms with Gasteiger partial charge in [-0.2, -0.15) is 0 Å². The van der Waals surface area contributed by atoms with E-state index in [1.807, 2.05) is 0 Å². The summed E-state index contributed by atoms with van der Waals surface area (Å²) in [6, 6.07) is -0.384. The Morgan fingerprint density at radius 1 is 1.00 bits per heavy atom. The van der Waals surface area contributed by atoms with Gasteiger partial charge in [0, 0.05) is 0 Å². The fourth-order valence-electron chi connectivity index (χ4n) is 1.55. The lowest BCUT2D eigenvalue weighted by Crippen LogP contribution is -2.12. The van der Waals surface area contributed by atoms with E-state index in [-0.39, 0.29) is 11.9 Å². The smallest absolute Gasteiger partial charge is 0.211 e. The Hall–Kier alpha value is -1.96. The van der Waals surface area contributed by atoms with Crippen LogP contribution in [0.25, 0.3) is 11.3 Å². The van der Waals surface area contributed by atoms with Crippen molar-refractivity contribution in [3.05, 3.63) is 41.2 Å². The molecule has 0 saturated heterocycles. The van der Waals surface area contributed by atoms with Gasteiger partial charge in [-0.25, -0.2) is 26.9 Å². The molecule has 1 heterocycles. The van der Waals surface area contributed by atoms with Gasteiger partial charge in [-0.3, -0.25) is 0 Å². The van der Waals surface area contributed by atoms with Crippen molar-refractivity contribution in [3.63, 3.8) is 0 Å². The highest BCUT2D eigenvalue weighted by Gasteiger charge is 2.28. The van der Waals surface area contributed by atoms with Crippen molar-refractivity contribution in [3.8, 4) is 11.3 Å². The van der Waals surface area contributed by atoms with E-state index >= 15 is 0 Å². The van der Waals surface area contributed by atoms with E-state index in [1.54, 1.807) is 14.0 Å². The zero-order chi connectivity index (χ0) is 15.0. The molecule has 0 bridgehead atoms. The summed E-state index contributed by atoms with van der Waals surface area (Å²) in [6.45, 7) is 1.65. The Morgan fingerprint density at radius 2 is 1.50 bits per heavy atom. The van der Waals surface area contributed by atoms with Crippen molar-refractivity contribution in [1.82, 2.24) is 10.3 Å². The average Bonchev–Trinajstić information content (AvgIpc) is 2.92. The molecule has 108 valence electrons. The van der Waals surface area contributed by atoms with Gasteiger partial charge in [-0.05, 0) is 14.0 Å². The van der Waals surface area contributed by atoms with E-state index < -0.39 is 40.4 Å². The number of benzene rings is 1. The number of oxazole rings is 1. The predicted octanol–water partition coefficient (Wildman–Crippen LogP) is 3.32. The Labute approximate surface area is 110 Å². The number of rotatable bonds is 3. The van der Waals surface area contributed by atoms with Crippen LogP contribution < -0.4 is 5.32 Å². The molecule has 3 nitrogen and oxygen atoms in total. The summed E-state index contributed by atoms with van der Waals surface area (Å²) in [7, 11) is 1.59. The lowest BCUT2D eigenvalue weighted by atomic mass is 10.1. The van der Waals surface area contributed by atoms with Crippen LogP contribution in [0.5, 0.6) is 0 Å². The lowest BCUT2D eigenvalue weighted by molar-refractivity contribution is 0.376. The molecule has 1 aromatic carbocycles. The molecule has 0 amide bonds. The third kappa shape index (κ3) is 2.15. The maximum absolute atomic E-state index is 13.6. The quantitative estimate of drug-likeness (QED) is 0.536. The average molecular weight is 292 g/mol. The van der Waals surface area contributed by atoms with E-state index in [9.17, 15) is 22.0 Å². The van der Waals surface area contributed by atoms with Crippen LogP contribution in [-0.2, 0) is 0 Å². The minimum atomic E-state index is -2.22. The fraction of sp³-hybridized carbons (Fsp3) is 0.250. The Bertz CT molecular complexity index is 627. The molecule has 1 aromatic heterocycles. The third-order valence-corrected chi connectivity index (χ3v) is 2.78. The molecule has 0 saturated carbocycles. The molecular weight excluding hydrogens is 283 g/mol. The first-order chi connectivity index (χ1) is 9.38. The summed E-state index contributed by atoms with van der Waals surface area (Å²) >= 11 is 0. The molecule has 0 aliphatic heterocycles. The van der Waals surface area contributed by atoms with Crippen molar-refractivity contribution in [1.29, 1.82) is 0 Å². The SMILES string of the molecule is CNC(C)c1ncc(-c2c(F)c(F)c(F)c(F)c2F)o1. The van der Waals surface area contributed by atoms with E-state index in [1.165, 1.54) is 0 Å². The van der Waals surface area contributed by atoms with E-state index in [0.29, 0.717) is 0 Å². The van der Waals surface area contributed by atoms with Gasteiger partial charge in [0.15, 0.2) is 29.0 Å². The molecule has 2 rings (SSSR count). The molecule has 1 atom stereocenters. The molecular formula is C12H9F5N2O. The molecule has 1 N–H and O–H groups in total. The van der Waals surface area contributed by atoms with Crippen LogP contribution in [0.1, 0.15) is 18.9 Å². The van der Waals surface area contributed by atoms with Crippen LogP contribution in [0, 0.1) is 29.1 Å². The van der Waals surface area contributed by atoms with Gasteiger partial charge in [0.05, 0.1) is 17.8 Å². The first kappa shape index (κ1) is 14.4. The van der Waals surface area contributed by atoms with Crippen molar-refractivity contribution in [2.45, 2.75) is 13.0 Å². The number of hydrogen-bond acceptors (Lipinski definition) is 3. The molecule has 8 heteroatoms. The second-order valence-electron chi connectivity index (χ2n) is 4.02. The maximum Gasteiger partial charge on any atom is 0.211 e. The number of nitrogens with one attached hydrogen (secondary N) is 1. The second-order valence-corrected chi connectivity index (χ2v) is 4.02. The number of nitrogens with zero attached hydrogens (tertiary/aromatic N) is 1. The van der Waals surface area contributed by atoms with Crippen LogP contribution in [-0.4, -0.2) is 12.0 Å². The van der Waals surface area contributed by atoms with Crippen LogP contribution in [0.15, 0.2) is 10.6 Å². The molecule has 2 aromatic rings. The normalized spacial score (nSPS) is 12.8. The maximum atomic E-state index is 13.6. The number of hydrogen-bond donors (Lipinski definition) is 1. The van der Waals surface area contributed by atoms with Gasteiger partial charge in [0.2, 0.25) is 11.7 Å². The standard InChI is InChI=1S/C12H9F5N2O/c1-4(18-2)12-19-3-5(20-12)6-7(13)9(15)11(17)10(16)8(6)14/h3-4,18H,1-2H3. The molecule has 0 spiro atoms. The highest BCUT2D eigenvalue weighted by atomic mass is 19.2. The highest BCUT2D eigenvalue weighted by Crippen LogP contribution is 2.32. The minimum Gasteiger partial charge on any atom is -0.439 e. The largest absolute Gasteiger partial charge is 0.439 e. The lowest BCUT2D eigenvalue weighted by Gasteiger charge is -2.06. The molecule has 0 fully saturated rings. The Balaban J connectivity index is 2.61. The van der Waals surface area contributed by atoms with Crippen molar-refractivity contribution in [2.24, 2.45) is 0 Å². The van der Waals surface area contributed by atoms with Crippen molar-refractivity contribution in [2.75, 3.05) is 7.05 Å². The molecule has 20 heavy (non-hydrogen) atoms. The summed E-state index contributed by atoms with van der Waals surface area (Å²) in [5.41, 5.74) is -1.14. The van der Waals surface area contributed by atoms with Gasteiger partial charge < -0.3 is 9.73 Å². The van der Waals surface area contributed by atoms with Gasteiger partial charge in [0.1, 0.15) is 0 Å². The van der Waals surface area contributed by atoms with Crippen LogP contribution >= 0.6 is 0 Å². The summed E-state index contributed by atoms with van der Waals surface area (Å²) in [5, 5.41) is 2.76. The molecule has 0 radical (unpaired) electrons. The monoisotopic (exact) mass is 292 g/mol. The van der Waals surface area contributed by atoms with Gasteiger partial charge >= 0.3 is 0 Å². The predicted molar refractivity (Wildman–Crippen MR) is 59.2 cm³/mol. The van der Waals surface area contributed by atoms with Crippen LogP contribution in [0.3, 0.4) is 0 Å². The summed E-state index contributed by atoms with van der Waals surface area (Å²) in [6.07, 6.45) is 0.904. The van der Waals surface area contributed by atoms with Gasteiger partial charge in [-0.1, -0.05) is 0 Å². The number of halogens is 5. The number of aromatic nitrogens is 1. The summed E-state index contributed by atoms with van der Waals surface area (Å²) in [5.74, 6) is -10.7. The third-order valence-electron chi connectivity index (χ3n) is 2.78. The van der Waals surface area contributed by atoms with Crippen LogP contribution in [0.2, 0.25) is 0 Å². The molecule has 0 aliphatic carbocycles. The molecule has 1 unspecified atom stereocenters.